The van der Waals surface area contributed by atoms with Crippen molar-refractivity contribution in [3.05, 3.63) is 41.6 Å². The minimum atomic E-state index is 0.689. The summed E-state index contributed by atoms with van der Waals surface area (Å²) >= 11 is 0. The first-order valence-corrected chi connectivity index (χ1v) is 7.67. The number of anilines is 2. The maximum atomic E-state index is 5.16. The highest BCUT2D eigenvalue weighted by molar-refractivity contribution is 5.42. The molecule has 0 bridgehead atoms. The lowest BCUT2D eigenvalue weighted by atomic mass is 10.1. The summed E-state index contributed by atoms with van der Waals surface area (Å²) in [6.45, 7) is 5.81. The van der Waals surface area contributed by atoms with Crippen molar-refractivity contribution in [2.75, 3.05) is 30.8 Å². The molecule has 0 fully saturated rings. The maximum Gasteiger partial charge on any atom is 0.224 e. The van der Waals surface area contributed by atoms with Crippen LogP contribution in [0.5, 0.6) is 5.75 Å². The molecular weight excluding hydrogens is 276 g/mol. The quantitative estimate of drug-likeness (QED) is 0.783. The lowest BCUT2D eigenvalue weighted by molar-refractivity contribution is 0.414. The molecule has 0 aliphatic rings. The van der Waals surface area contributed by atoms with Crippen LogP contribution in [0.15, 0.2) is 30.3 Å². The van der Waals surface area contributed by atoms with Crippen LogP contribution in [-0.4, -0.2) is 30.2 Å². The van der Waals surface area contributed by atoms with E-state index in [1.807, 2.05) is 25.1 Å². The first-order chi connectivity index (χ1) is 10.7. The largest absolute Gasteiger partial charge is 0.497 e. The number of rotatable bonds is 8. The normalized spacial score (nSPS) is 10.3. The zero-order valence-electron chi connectivity index (χ0n) is 13.5. The number of aryl methyl sites for hydroxylation is 1. The van der Waals surface area contributed by atoms with E-state index in [1.165, 1.54) is 5.56 Å². The zero-order chi connectivity index (χ0) is 15.8. The third-order valence-corrected chi connectivity index (χ3v) is 3.27. The number of nitrogens with zero attached hydrogens (tertiary/aromatic N) is 2. The van der Waals surface area contributed by atoms with Crippen molar-refractivity contribution < 1.29 is 4.74 Å². The minimum absolute atomic E-state index is 0.689. The van der Waals surface area contributed by atoms with Crippen LogP contribution in [-0.2, 0) is 6.42 Å². The molecule has 1 aromatic heterocycles. The van der Waals surface area contributed by atoms with E-state index in [0.717, 1.165) is 43.2 Å². The van der Waals surface area contributed by atoms with Gasteiger partial charge in [0.1, 0.15) is 11.6 Å². The smallest absolute Gasteiger partial charge is 0.224 e. The van der Waals surface area contributed by atoms with Crippen LogP contribution in [0.25, 0.3) is 0 Å². The van der Waals surface area contributed by atoms with Gasteiger partial charge >= 0.3 is 0 Å². The number of hydrogen-bond acceptors (Lipinski definition) is 5. The van der Waals surface area contributed by atoms with Crippen molar-refractivity contribution in [3.63, 3.8) is 0 Å². The van der Waals surface area contributed by atoms with Gasteiger partial charge in [-0.15, -0.1) is 0 Å². The molecule has 2 aromatic rings. The van der Waals surface area contributed by atoms with Crippen molar-refractivity contribution in [1.29, 1.82) is 0 Å². The standard InChI is InChI=1S/C17H24N4O/c1-4-10-19-17-20-13(2)12-16(21-17)18-11-9-14-5-7-15(22-3)8-6-14/h5-8,12H,4,9-11H2,1-3H3,(H2,18,19,20,21). The summed E-state index contributed by atoms with van der Waals surface area (Å²) in [5.74, 6) is 2.43. The van der Waals surface area contributed by atoms with Crippen molar-refractivity contribution in [2.24, 2.45) is 0 Å². The van der Waals surface area contributed by atoms with Crippen molar-refractivity contribution in [3.8, 4) is 5.75 Å². The summed E-state index contributed by atoms with van der Waals surface area (Å²) in [6, 6.07) is 10.1. The third-order valence-electron chi connectivity index (χ3n) is 3.27. The molecule has 0 unspecified atom stereocenters. The van der Waals surface area contributed by atoms with Crippen LogP contribution in [0.4, 0.5) is 11.8 Å². The van der Waals surface area contributed by atoms with E-state index in [-0.39, 0.29) is 0 Å². The number of aromatic nitrogens is 2. The molecule has 1 heterocycles. The summed E-state index contributed by atoms with van der Waals surface area (Å²) in [5.41, 5.74) is 2.23. The average Bonchev–Trinajstić information content (AvgIpc) is 2.53. The lowest BCUT2D eigenvalue weighted by Gasteiger charge is -2.09. The molecule has 5 heteroatoms. The molecule has 0 atom stereocenters. The van der Waals surface area contributed by atoms with Crippen molar-refractivity contribution >= 4 is 11.8 Å². The molecule has 0 aliphatic heterocycles. The summed E-state index contributed by atoms with van der Waals surface area (Å²) in [6.07, 6.45) is 1.99. The van der Waals surface area contributed by atoms with Crippen molar-refractivity contribution in [2.45, 2.75) is 26.7 Å². The van der Waals surface area contributed by atoms with Gasteiger partial charge in [0.15, 0.2) is 0 Å². The lowest BCUT2D eigenvalue weighted by Crippen LogP contribution is -2.10. The molecule has 0 saturated carbocycles. The highest BCUT2D eigenvalue weighted by Crippen LogP contribution is 2.13. The third kappa shape index (κ3) is 4.91. The van der Waals surface area contributed by atoms with Gasteiger partial charge in [0.05, 0.1) is 7.11 Å². The molecule has 1 aromatic carbocycles. The Labute approximate surface area is 132 Å². The fraction of sp³-hybridized carbons (Fsp3) is 0.412. The number of nitrogens with one attached hydrogen (secondary N) is 2. The van der Waals surface area contributed by atoms with Gasteiger partial charge < -0.3 is 15.4 Å². The van der Waals surface area contributed by atoms with Crippen LogP contribution in [0.3, 0.4) is 0 Å². The fourth-order valence-corrected chi connectivity index (χ4v) is 2.10. The minimum Gasteiger partial charge on any atom is -0.497 e. The van der Waals surface area contributed by atoms with Crippen LogP contribution in [0.2, 0.25) is 0 Å². The highest BCUT2D eigenvalue weighted by Gasteiger charge is 2.02. The summed E-state index contributed by atoms with van der Waals surface area (Å²) in [4.78, 5) is 8.86. The Morgan fingerprint density at radius 1 is 1.05 bits per heavy atom. The van der Waals surface area contributed by atoms with E-state index >= 15 is 0 Å². The predicted octanol–water partition coefficient (Wildman–Crippen LogP) is 3.27. The molecule has 2 rings (SSSR count). The summed E-state index contributed by atoms with van der Waals surface area (Å²) in [5, 5.41) is 6.58. The van der Waals surface area contributed by atoms with Gasteiger partial charge in [-0.05, 0) is 37.5 Å². The molecule has 0 radical (unpaired) electrons. The van der Waals surface area contributed by atoms with Crippen LogP contribution in [0.1, 0.15) is 24.6 Å². The second-order valence-electron chi connectivity index (χ2n) is 5.17. The molecule has 0 spiro atoms. The molecule has 0 saturated heterocycles. The van der Waals surface area contributed by atoms with E-state index in [9.17, 15) is 0 Å². The van der Waals surface area contributed by atoms with Crippen molar-refractivity contribution in [1.82, 2.24) is 9.97 Å². The fourth-order valence-electron chi connectivity index (χ4n) is 2.10. The van der Waals surface area contributed by atoms with Gasteiger partial charge in [-0.25, -0.2) is 4.98 Å². The van der Waals surface area contributed by atoms with E-state index in [4.69, 9.17) is 4.74 Å². The Morgan fingerprint density at radius 2 is 1.82 bits per heavy atom. The Balaban J connectivity index is 1.88. The zero-order valence-corrected chi connectivity index (χ0v) is 13.5. The van der Waals surface area contributed by atoms with Gasteiger partial charge in [0, 0.05) is 24.8 Å². The number of methoxy groups -OCH3 is 1. The highest BCUT2D eigenvalue weighted by atomic mass is 16.5. The molecule has 5 nitrogen and oxygen atoms in total. The summed E-state index contributed by atoms with van der Waals surface area (Å²) < 4.78 is 5.16. The number of hydrogen-bond donors (Lipinski definition) is 2. The second-order valence-corrected chi connectivity index (χ2v) is 5.17. The Hall–Kier alpha value is -2.30. The molecular formula is C17H24N4O. The molecule has 2 N–H and O–H groups in total. The molecule has 118 valence electrons. The molecule has 0 amide bonds. The first-order valence-electron chi connectivity index (χ1n) is 7.67. The second kappa shape index (κ2) is 8.22. The molecule has 22 heavy (non-hydrogen) atoms. The van der Waals surface area contributed by atoms with E-state index in [0.29, 0.717) is 5.95 Å². The van der Waals surface area contributed by atoms with Gasteiger partial charge in [0.25, 0.3) is 0 Å². The van der Waals surface area contributed by atoms with Gasteiger partial charge in [0.2, 0.25) is 5.95 Å². The monoisotopic (exact) mass is 300 g/mol. The van der Waals surface area contributed by atoms with Crippen LogP contribution >= 0.6 is 0 Å². The van der Waals surface area contributed by atoms with Gasteiger partial charge in [-0.1, -0.05) is 19.1 Å². The van der Waals surface area contributed by atoms with E-state index in [1.54, 1.807) is 7.11 Å². The first kappa shape index (κ1) is 16.1. The van der Waals surface area contributed by atoms with Crippen LogP contribution < -0.4 is 15.4 Å². The van der Waals surface area contributed by atoms with Gasteiger partial charge in [-0.2, -0.15) is 4.98 Å². The van der Waals surface area contributed by atoms with Crippen LogP contribution in [0, 0.1) is 6.92 Å². The molecule has 0 aliphatic carbocycles. The average molecular weight is 300 g/mol. The van der Waals surface area contributed by atoms with E-state index in [2.05, 4.69) is 39.7 Å². The Kier molecular flexibility index (Phi) is 6.01. The number of ether oxygens (including phenoxy) is 1. The number of benzene rings is 1. The van der Waals surface area contributed by atoms with E-state index < -0.39 is 0 Å². The summed E-state index contributed by atoms with van der Waals surface area (Å²) in [7, 11) is 1.68. The SMILES string of the molecule is CCCNc1nc(C)cc(NCCc2ccc(OC)cc2)n1. The maximum absolute atomic E-state index is 5.16. The van der Waals surface area contributed by atoms with Gasteiger partial charge in [-0.3, -0.25) is 0 Å². The Bertz CT molecular complexity index is 584. The predicted molar refractivity (Wildman–Crippen MR) is 90.7 cm³/mol. The topological polar surface area (TPSA) is 59.1 Å². The Morgan fingerprint density at radius 3 is 2.50 bits per heavy atom.